The molecule has 2 aliphatic rings. The van der Waals surface area contributed by atoms with Gasteiger partial charge < -0.3 is 14.7 Å². The van der Waals surface area contributed by atoms with E-state index in [2.05, 4.69) is 44.6 Å². The maximum Gasteiger partial charge on any atom is 0.263 e. The van der Waals surface area contributed by atoms with Crippen LogP contribution in [0.1, 0.15) is 73.6 Å². The zero-order valence-electron chi connectivity index (χ0n) is 18.8. The number of hydrogen-bond acceptors (Lipinski definition) is 6. The standard InChI is InChI=1S/C25H31N5O2/c1-17-23-24(30-15-6-2-3-7-16-30)27-21(28-25(23)32-29-17)13-14-22(31)26-20-12-8-10-18-9-4-5-11-19(18)20/h4-5,9,11,20H,2-3,6-8,10,12-16H2,1H3,(H,26,31)/t20-/m0/s1. The van der Waals surface area contributed by atoms with E-state index in [4.69, 9.17) is 9.51 Å². The molecule has 5 rings (SSSR count). The molecule has 0 bridgehead atoms. The number of amides is 1. The molecule has 2 aromatic heterocycles. The smallest absolute Gasteiger partial charge is 0.263 e. The first-order valence-electron chi connectivity index (χ1n) is 11.9. The summed E-state index contributed by atoms with van der Waals surface area (Å²) in [6.07, 6.45) is 8.86. The summed E-state index contributed by atoms with van der Waals surface area (Å²) in [4.78, 5) is 24.6. The lowest BCUT2D eigenvalue weighted by Crippen LogP contribution is -2.31. The van der Waals surface area contributed by atoms with Gasteiger partial charge in [0.15, 0.2) is 0 Å². The maximum absolute atomic E-state index is 12.8. The molecular formula is C25H31N5O2. The zero-order valence-corrected chi connectivity index (χ0v) is 18.8. The van der Waals surface area contributed by atoms with E-state index in [9.17, 15) is 4.79 Å². The molecule has 0 spiro atoms. The number of rotatable bonds is 5. The molecule has 3 aromatic rings. The van der Waals surface area contributed by atoms with Gasteiger partial charge in [-0.3, -0.25) is 4.79 Å². The Morgan fingerprint density at radius 2 is 1.94 bits per heavy atom. The van der Waals surface area contributed by atoms with Crippen molar-refractivity contribution in [3.8, 4) is 0 Å². The van der Waals surface area contributed by atoms with Crippen LogP contribution in [0, 0.1) is 6.92 Å². The zero-order chi connectivity index (χ0) is 21.9. The van der Waals surface area contributed by atoms with Gasteiger partial charge in [0, 0.05) is 25.9 Å². The molecule has 168 valence electrons. The highest BCUT2D eigenvalue weighted by molar-refractivity contribution is 5.88. The van der Waals surface area contributed by atoms with Crippen molar-refractivity contribution >= 4 is 22.8 Å². The van der Waals surface area contributed by atoms with Crippen LogP contribution in [0.5, 0.6) is 0 Å². The molecule has 32 heavy (non-hydrogen) atoms. The van der Waals surface area contributed by atoms with Crippen LogP contribution >= 0.6 is 0 Å². The topological polar surface area (TPSA) is 84.1 Å². The van der Waals surface area contributed by atoms with E-state index in [1.165, 1.54) is 24.0 Å². The van der Waals surface area contributed by atoms with Crippen molar-refractivity contribution in [1.29, 1.82) is 0 Å². The summed E-state index contributed by atoms with van der Waals surface area (Å²) in [5.74, 6) is 1.60. The number of fused-ring (bicyclic) bond motifs is 2. The lowest BCUT2D eigenvalue weighted by Gasteiger charge is -2.26. The molecule has 1 N–H and O–H groups in total. The lowest BCUT2D eigenvalue weighted by atomic mass is 9.87. The van der Waals surface area contributed by atoms with Gasteiger partial charge in [0.25, 0.3) is 5.71 Å². The summed E-state index contributed by atoms with van der Waals surface area (Å²) in [7, 11) is 0. The van der Waals surface area contributed by atoms with Gasteiger partial charge in [-0.1, -0.05) is 42.3 Å². The highest BCUT2D eigenvalue weighted by Gasteiger charge is 2.23. The molecule has 1 aliphatic heterocycles. The third kappa shape index (κ3) is 4.33. The average Bonchev–Trinajstić information content (AvgIpc) is 3.01. The summed E-state index contributed by atoms with van der Waals surface area (Å²) in [6, 6.07) is 8.52. The monoisotopic (exact) mass is 433 g/mol. The van der Waals surface area contributed by atoms with Gasteiger partial charge in [-0.25, -0.2) is 4.98 Å². The van der Waals surface area contributed by atoms with Gasteiger partial charge in [-0.05, 0) is 50.2 Å². The number of hydrogen-bond donors (Lipinski definition) is 1. The quantitative estimate of drug-likeness (QED) is 0.641. The molecule has 1 aliphatic carbocycles. The SMILES string of the molecule is Cc1noc2nc(CCC(=O)N[C@H]3CCCc4ccccc43)nc(N3CCCCCC3)c12. The lowest BCUT2D eigenvalue weighted by molar-refractivity contribution is -0.121. The molecule has 1 aromatic carbocycles. The fourth-order valence-electron chi connectivity index (χ4n) is 5.03. The Morgan fingerprint density at radius 1 is 1.12 bits per heavy atom. The number of aromatic nitrogens is 3. The van der Waals surface area contributed by atoms with Gasteiger partial charge in [-0.15, -0.1) is 0 Å². The number of nitrogens with one attached hydrogen (secondary N) is 1. The minimum absolute atomic E-state index is 0.0421. The van der Waals surface area contributed by atoms with E-state index in [-0.39, 0.29) is 11.9 Å². The molecule has 1 fully saturated rings. The van der Waals surface area contributed by atoms with Crippen LogP contribution in [0.25, 0.3) is 11.1 Å². The van der Waals surface area contributed by atoms with Gasteiger partial charge in [0.1, 0.15) is 17.0 Å². The maximum atomic E-state index is 12.8. The summed E-state index contributed by atoms with van der Waals surface area (Å²) >= 11 is 0. The Balaban J connectivity index is 1.31. The summed E-state index contributed by atoms with van der Waals surface area (Å²) in [5.41, 5.74) is 3.94. The van der Waals surface area contributed by atoms with Crippen molar-refractivity contribution in [3.05, 3.63) is 46.9 Å². The van der Waals surface area contributed by atoms with E-state index >= 15 is 0 Å². The molecule has 0 unspecified atom stereocenters. The van der Waals surface area contributed by atoms with E-state index in [1.54, 1.807) is 0 Å². The first-order chi connectivity index (χ1) is 15.7. The van der Waals surface area contributed by atoms with Crippen LogP contribution in [-0.2, 0) is 17.6 Å². The molecular weight excluding hydrogens is 402 g/mol. The second kappa shape index (κ2) is 9.27. The second-order valence-corrected chi connectivity index (χ2v) is 9.02. The molecule has 1 atom stereocenters. The Hall–Kier alpha value is -2.96. The predicted octanol–water partition coefficient (Wildman–Crippen LogP) is 4.43. The third-order valence-corrected chi connectivity index (χ3v) is 6.72. The molecule has 1 amide bonds. The number of benzene rings is 1. The first-order valence-corrected chi connectivity index (χ1v) is 11.9. The van der Waals surface area contributed by atoms with Gasteiger partial charge in [0.2, 0.25) is 5.91 Å². The second-order valence-electron chi connectivity index (χ2n) is 9.02. The Labute approximate surface area is 188 Å². The molecule has 3 heterocycles. The van der Waals surface area contributed by atoms with Crippen molar-refractivity contribution < 1.29 is 9.32 Å². The van der Waals surface area contributed by atoms with Crippen molar-refractivity contribution in [1.82, 2.24) is 20.4 Å². The van der Waals surface area contributed by atoms with Crippen molar-refractivity contribution in [2.45, 2.75) is 70.8 Å². The number of nitrogens with zero attached hydrogens (tertiary/aromatic N) is 4. The van der Waals surface area contributed by atoms with E-state index in [1.807, 2.05) is 6.92 Å². The van der Waals surface area contributed by atoms with E-state index in [0.717, 1.165) is 62.1 Å². The highest BCUT2D eigenvalue weighted by Crippen LogP contribution is 2.30. The largest absolute Gasteiger partial charge is 0.356 e. The first kappa shape index (κ1) is 20.9. The fraction of sp³-hybridized carbons (Fsp3) is 0.520. The minimum atomic E-state index is 0.0421. The number of carbonyl (C=O) groups is 1. The highest BCUT2D eigenvalue weighted by atomic mass is 16.5. The van der Waals surface area contributed by atoms with Gasteiger partial charge in [0.05, 0.1) is 11.7 Å². The van der Waals surface area contributed by atoms with Crippen LogP contribution in [0.15, 0.2) is 28.8 Å². The molecule has 7 nitrogen and oxygen atoms in total. The summed E-state index contributed by atoms with van der Waals surface area (Å²) in [6.45, 7) is 3.90. The van der Waals surface area contributed by atoms with Gasteiger partial charge in [-0.2, -0.15) is 4.98 Å². The fourth-order valence-corrected chi connectivity index (χ4v) is 5.03. The minimum Gasteiger partial charge on any atom is -0.356 e. The van der Waals surface area contributed by atoms with Crippen LogP contribution in [0.3, 0.4) is 0 Å². The summed E-state index contributed by atoms with van der Waals surface area (Å²) < 4.78 is 5.49. The third-order valence-electron chi connectivity index (χ3n) is 6.72. The number of anilines is 1. The van der Waals surface area contributed by atoms with Crippen LogP contribution < -0.4 is 10.2 Å². The van der Waals surface area contributed by atoms with Crippen LogP contribution in [-0.4, -0.2) is 34.1 Å². The molecule has 1 saturated heterocycles. The van der Waals surface area contributed by atoms with Crippen LogP contribution in [0.4, 0.5) is 5.82 Å². The predicted molar refractivity (Wildman–Crippen MR) is 124 cm³/mol. The number of aryl methyl sites for hydroxylation is 3. The summed E-state index contributed by atoms with van der Waals surface area (Å²) in [5, 5.41) is 8.26. The molecule has 0 saturated carbocycles. The van der Waals surface area contributed by atoms with Crippen molar-refractivity contribution in [2.24, 2.45) is 0 Å². The average molecular weight is 434 g/mol. The number of carbonyl (C=O) groups excluding carboxylic acids is 1. The van der Waals surface area contributed by atoms with Gasteiger partial charge >= 0.3 is 0 Å². The normalized spacial score (nSPS) is 18.9. The van der Waals surface area contributed by atoms with Crippen molar-refractivity contribution in [2.75, 3.05) is 18.0 Å². The molecule has 7 heteroatoms. The Bertz CT molecular complexity index is 1100. The Morgan fingerprint density at radius 3 is 2.78 bits per heavy atom. The molecule has 0 radical (unpaired) electrons. The van der Waals surface area contributed by atoms with Crippen LogP contribution in [0.2, 0.25) is 0 Å². The Kier molecular flexibility index (Phi) is 6.06. The van der Waals surface area contributed by atoms with E-state index in [0.29, 0.717) is 24.4 Å². The van der Waals surface area contributed by atoms with Crippen molar-refractivity contribution in [3.63, 3.8) is 0 Å². The van der Waals surface area contributed by atoms with E-state index < -0.39 is 0 Å².